The lowest BCUT2D eigenvalue weighted by atomic mass is 9.99. The summed E-state index contributed by atoms with van der Waals surface area (Å²) in [4.78, 5) is 19.4. The SMILES string of the molecule is O=C(N[C@H]1CCOc2ccccc21)c1cnc2c(Br)c(F)ccc2c1N1CC(F)C1. The highest BCUT2D eigenvalue weighted by atomic mass is 79.9. The zero-order valence-corrected chi connectivity index (χ0v) is 17.5. The Labute approximate surface area is 180 Å². The predicted octanol–water partition coefficient (Wildman–Crippen LogP) is 4.55. The van der Waals surface area contributed by atoms with E-state index in [1.807, 2.05) is 24.3 Å². The largest absolute Gasteiger partial charge is 0.493 e. The standard InChI is InChI=1S/C22H18BrF2N3O2/c23-19-16(25)6-5-14-20(19)26-9-15(21(14)28-10-12(24)11-28)22(29)27-17-7-8-30-18-4-2-1-3-13(17)18/h1-6,9,12,17H,7-8,10-11H2,(H,27,29)/t17-/m0/s1. The number of carbonyl (C=O) groups is 1. The van der Waals surface area contributed by atoms with E-state index in [2.05, 4.69) is 26.2 Å². The monoisotopic (exact) mass is 473 g/mol. The van der Waals surface area contributed by atoms with Gasteiger partial charge in [-0.2, -0.15) is 0 Å². The Morgan fingerprint density at radius 1 is 1.23 bits per heavy atom. The molecule has 1 saturated heterocycles. The van der Waals surface area contributed by atoms with E-state index >= 15 is 0 Å². The topological polar surface area (TPSA) is 54.5 Å². The van der Waals surface area contributed by atoms with Crippen LogP contribution in [0.5, 0.6) is 5.75 Å². The van der Waals surface area contributed by atoms with Crippen LogP contribution in [0.25, 0.3) is 10.9 Å². The van der Waals surface area contributed by atoms with E-state index in [0.717, 1.165) is 11.3 Å². The molecule has 5 rings (SSSR count). The first-order valence-electron chi connectivity index (χ1n) is 9.71. The van der Waals surface area contributed by atoms with Gasteiger partial charge in [-0.1, -0.05) is 18.2 Å². The number of fused-ring (bicyclic) bond motifs is 2. The second-order valence-corrected chi connectivity index (χ2v) is 8.27. The van der Waals surface area contributed by atoms with Gasteiger partial charge in [-0.15, -0.1) is 0 Å². The Kier molecular flexibility index (Phi) is 4.81. The summed E-state index contributed by atoms with van der Waals surface area (Å²) >= 11 is 3.23. The Morgan fingerprint density at radius 3 is 2.83 bits per heavy atom. The Balaban J connectivity index is 1.55. The van der Waals surface area contributed by atoms with Crippen LogP contribution < -0.4 is 15.0 Å². The number of hydrogen-bond donors (Lipinski definition) is 1. The maximum Gasteiger partial charge on any atom is 0.255 e. The van der Waals surface area contributed by atoms with Gasteiger partial charge in [-0.05, 0) is 34.1 Å². The summed E-state index contributed by atoms with van der Waals surface area (Å²) in [7, 11) is 0. The number of anilines is 1. The van der Waals surface area contributed by atoms with Crippen LogP contribution in [0, 0.1) is 5.82 Å². The maximum atomic E-state index is 14.0. The summed E-state index contributed by atoms with van der Waals surface area (Å²) in [6.45, 7) is 0.885. The van der Waals surface area contributed by atoms with Crippen molar-refractivity contribution in [2.75, 3.05) is 24.6 Å². The number of carbonyl (C=O) groups excluding carboxylic acids is 1. The van der Waals surface area contributed by atoms with E-state index in [4.69, 9.17) is 4.74 Å². The van der Waals surface area contributed by atoms with E-state index in [-0.39, 0.29) is 29.5 Å². The van der Waals surface area contributed by atoms with E-state index in [9.17, 15) is 13.6 Å². The molecule has 0 aliphatic carbocycles. The van der Waals surface area contributed by atoms with Crippen molar-refractivity contribution in [2.45, 2.75) is 18.6 Å². The van der Waals surface area contributed by atoms with Gasteiger partial charge in [0.2, 0.25) is 0 Å². The normalized spacial score (nSPS) is 18.5. The van der Waals surface area contributed by atoms with Crippen LogP contribution in [0.4, 0.5) is 14.5 Å². The Morgan fingerprint density at radius 2 is 2.03 bits per heavy atom. The molecule has 3 heterocycles. The summed E-state index contributed by atoms with van der Waals surface area (Å²) in [5.74, 6) is 0.0149. The number of para-hydroxylation sites is 1. The van der Waals surface area contributed by atoms with Crippen molar-refractivity contribution in [2.24, 2.45) is 0 Å². The summed E-state index contributed by atoms with van der Waals surface area (Å²) in [6, 6.07) is 10.3. The molecular weight excluding hydrogens is 456 g/mol. The van der Waals surface area contributed by atoms with Crippen LogP contribution in [0.1, 0.15) is 28.4 Å². The minimum absolute atomic E-state index is 0.189. The average Bonchev–Trinajstić information content (AvgIpc) is 2.73. The molecule has 1 fully saturated rings. The van der Waals surface area contributed by atoms with E-state index in [0.29, 0.717) is 35.2 Å². The van der Waals surface area contributed by atoms with Gasteiger partial charge >= 0.3 is 0 Å². The number of rotatable bonds is 3. The lowest BCUT2D eigenvalue weighted by Crippen LogP contribution is -2.49. The van der Waals surface area contributed by atoms with Crippen molar-refractivity contribution >= 4 is 38.4 Å². The second kappa shape index (κ2) is 7.50. The molecule has 8 heteroatoms. The van der Waals surface area contributed by atoms with E-state index in [1.165, 1.54) is 12.3 Å². The first kappa shape index (κ1) is 19.2. The number of nitrogens with one attached hydrogen (secondary N) is 1. The van der Waals surface area contributed by atoms with Crippen LogP contribution >= 0.6 is 15.9 Å². The van der Waals surface area contributed by atoms with Crippen LogP contribution in [-0.4, -0.2) is 36.8 Å². The number of hydrogen-bond acceptors (Lipinski definition) is 4. The first-order chi connectivity index (χ1) is 14.5. The first-order valence-corrected chi connectivity index (χ1v) is 10.5. The third-order valence-electron chi connectivity index (χ3n) is 5.56. The van der Waals surface area contributed by atoms with Gasteiger partial charge in [0.1, 0.15) is 17.7 Å². The quantitative estimate of drug-likeness (QED) is 0.606. The molecular formula is C22H18BrF2N3O2. The highest BCUT2D eigenvalue weighted by molar-refractivity contribution is 9.10. The molecule has 1 amide bonds. The van der Waals surface area contributed by atoms with E-state index in [1.54, 1.807) is 11.0 Å². The number of halogens is 3. The Bertz CT molecular complexity index is 1150. The number of aromatic nitrogens is 1. The molecule has 1 atom stereocenters. The summed E-state index contributed by atoms with van der Waals surface area (Å²) in [5, 5.41) is 3.68. The van der Waals surface area contributed by atoms with Crippen LogP contribution in [0.15, 0.2) is 47.1 Å². The van der Waals surface area contributed by atoms with Crippen LogP contribution in [0.2, 0.25) is 0 Å². The highest BCUT2D eigenvalue weighted by Gasteiger charge is 2.32. The third-order valence-corrected chi connectivity index (χ3v) is 6.32. The molecule has 2 aromatic carbocycles. The minimum Gasteiger partial charge on any atom is -0.493 e. The average molecular weight is 474 g/mol. The van der Waals surface area contributed by atoms with Gasteiger partial charge in [-0.3, -0.25) is 9.78 Å². The van der Waals surface area contributed by atoms with Crippen molar-refractivity contribution < 1.29 is 18.3 Å². The van der Waals surface area contributed by atoms with Crippen molar-refractivity contribution in [3.63, 3.8) is 0 Å². The van der Waals surface area contributed by atoms with Gasteiger partial charge in [0.15, 0.2) is 0 Å². The van der Waals surface area contributed by atoms with E-state index < -0.39 is 12.0 Å². The van der Waals surface area contributed by atoms with Crippen molar-refractivity contribution in [3.05, 3.63) is 64.0 Å². The molecule has 0 spiro atoms. The summed E-state index contributed by atoms with van der Waals surface area (Å²) < 4.78 is 33.5. The van der Waals surface area contributed by atoms with Gasteiger partial charge in [0.05, 0.1) is 47.0 Å². The molecule has 0 bridgehead atoms. The van der Waals surface area contributed by atoms with Crippen molar-refractivity contribution in [1.82, 2.24) is 10.3 Å². The fourth-order valence-electron chi connectivity index (χ4n) is 4.03. The van der Waals surface area contributed by atoms with Gasteiger partial charge in [0, 0.05) is 23.6 Å². The van der Waals surface area contributed by atoms with Gasteiger partial charge in [0.25, 0.3) is 5.91 Å². The van der Waals surface area contributed by atoms with Crippen molar-refractivity contribution in [1.29, 1.82) is 0 Å². The molecule has 2 aliphatic rings. The molecule has 0 saturated carbocycles. The summed E-state index contributed by atoms with van der Waals surface area (Å²) in [5.41, 5.74) is 2.24. The molecule has 1 N–H and O–H groups in total. The van der Waals surface area contributed by atoms with Crippen molar-refractivity contribution in [3.8, 4) is 5.75 Å². The molecule has 154 valence electrons. The maximum absolute atomic E-state index is 14.0. The highest BCUT2D eigenvalue weighted by Crippen LogP contribution is 2.38. The number of ether oxygens (including phenoxy) is 1. The lowest BCUT2D eigenvalue weighted by Gasteiger charge is -2.38. The van der Waals surface area contributed by atoms with Crippen LogP contribution in [0.3, 0.4) is 0 Å². The predicted molar refractivity (Wildman–Crippen MR) is 113 cm³/mol. The number of alkyl halides is 1. The zero-order valence-electron chi connectivity index (χ0n) is 15.9. The lowest BCUT2D eigenvalue weighted by molar-refractivity contribution is 0.0924. The fourth-order valence-corrected chi connectivity index (χ4v) is 4.48. The number of pyridine rings is 1. The Hall–Kier alpha value is -2.74. The van der Waals surface area contributed by atoms with Gasteiger partial charge in [-0.25, -0.2) is 8.78 Å². The number of amides is 1. The zero-order chi connectivity index (χ0) is 20.8. The fraction of sp³-hybridized carbons (Fsp3) is 0.273. The molecule has 30 heavy (non-hydrogen) atoms. The summed E-state index contributed by atoms with van der Waals surface area (Å²) in [6.07, 6.45) is 1.13. The smallest absolute Gasteiger partial charge is 0.255 e. The molecule has 1 aromatic heterocycles. The van der Waals surface area contributed by atoms with Crippen LogP contribution in [-0.2, 0) is 0 Å². The molecule has 0 unspecified atom stereocenters. The van der Waals surface area contributed by atoms with Gasteiger partial charge < -0.3 is 15.0 Å². The molecule has 2 aliphatic heterocycles. The second-order valence-electron chi connectivity index (χ2n) is 7.48. The third kappa shape index (κ3) is 3.19. The molecule has 0 radical (unpaired) electrons. The number of nitrogens with zero attached hydrogens (tertiary/aromatic N) is 2. The number of benzene rings is 2. The molecule has 3 aromatic rings. The minimum atomic E-state index is -0.949. The molecule has 5 nitrogen and oxygen atoms in total.